The van der Waals surface area contributed by atoms with Crippen molar-refractivity contribution in [2.75, 3.05) is 0 Å². The number of ketones is 1. The van der Waals surface area contributed by atoms with E-state index in [1.807, 2.05) is 13.0 Å². The van der Waals surface area contributed by atoms with E-state index in [9.17, 15) is 14.7 Å². The Kier molecular flexibility index (Phi) is 3.97. The number of cyclic esters (lactones) is 1. The van der Waals surface area contributed by atoms with Crippen molar-refractivity contribution in [2.45, 2.75) is 70.4 Å². The molecule has 2 heterocycles. The molecule has 2 saturated heterocycles. The number of hydrogen-bond acceptors (Lipinski definition) is 5. The highest BCUT2D eigenvalue weighted by molar-refractivity contribution is 6.00. The summed E-state index contributed by atoms with van der Waals surface area (Å²) >= 11 is 0. The van der Waals surface area contributed by atoms with E-state index in [-0.39, 0.29) is 36.3 Å². The summed E-state index contributed by atoms with van der Waals surface area (Å²) in [5.74, 6) is -0.504. The van der Waals surface area contributed by atoms with Crippen LogP contribution < -0.4 is 0 Å². The fraction of sp³-hybridized carbons (Fsp3) is 0.667. The highest BCUT2D eigenvalue weighted by atomic mass is 16.6. The van der Waals surface area contributed by atoms with Crippen LogP contribution in [-0.4, -0.2) is 40.8 Å². The first-order valence-electron chi connectivity index (χ1n) is 8.18. The highest BCUT2D eigenvalue weighted by Crippen LogP contribution is 2.45. The van der Waals surface area contributed by atoms with Gasteiger partial charge in [-0.2, -0.15) is 0 Å². The lowest BCUT2D eigenvalue weighted by molar-refractivity contribution is -0.140. The van der Waals surface area contributed by atoms with E-state index in [4.69, 9.17) is 9.47 Å². The topological polar surface area (TPSA) is 76.1 Å². The number of ether oxygens (including phenoxy) is 2. The number of hydrogen-bond donors (Lipinski definition) is 1. The smallest absolute Gasteiger partial charge is 0.307 e. The Bertz CT molecular complexity index is 588. The first-order chi connectivity index (χ1) is 10.7. The molecule has 2 unspecified atom stereocenters. The van der Waals surface area contributed by atoms with Gasteiger partial charge in [0.15, 0.2) is 5.78 Å². The molecule has 0 aromatic heterocycles. The van der Waals surface area contributed by atoms with Crippen molar-refractivity contribution in [1.29, 1.82) is 0 Å². The lowest BCUT2D eigenvalue weighted by Crippen LogP contribution is -2.42. The predicted octanol–water partition coefficient (Wildman–Crippen LogP) is 2.08. The van der Waals surface area contributed by atoms with Crippen LogP contribution in [0.5, 0.6) is 0 Å². The van der Waals surface area contributed by atoms with Crippen LogP contribution >= 0.6 is 0 Å². The number of allylic oxidation sites excluding steroid dienone is 2. The molecule has 126 valence electrons. The molecule has 0 aromatic rings. The second kappa shape index (κ2) is 5.56. The maximum Gasteiger partial charge on any atom is 0.307 e. The lowest BCUT2D eigenvalue weighted by atomic mass is 9.69. The van der Waals surface area contributed by atoms with E-state index < -0.39 is 17.6 Å². The zero-order valence-corrected chi connectivity index (χ0v) is 13.9. The molecule has 5 nitrogen and oxygen atoms in total. The molecule has 5 heteroatoms. The van der Waals surface area contributed by atoms with Gasteiger partial charge in [0.2, 0.25) is 0 Å². The number of aliphatic hydroxyl groups excluding tert-OH is 1. The van der Waals surface area contributed by atoms with E-state index in [1.165, 1.54) is 12.2 Å². The van der Waals surface area contributed by atoms with Crippen molar-refractivity contribution >= 4 is 11.8 Å². The van der Waals surface area contributed by atoms with Gasteiger partial charge in [-0.3, -0.25) is 9.59 Å². The number of carbonyl (C=O) groups is 2. The number of epoxide rings is 1. The zero-order chi connectivity index (χ0) is 16.8. The molecule has 4 atom stereocenters. The Morgan fingerprint density at radius 3 is 2.78 bits per heavy atom. The molecule has 0 aromatic carbocycles. The summed E-state index contributed by atoms with van der Waals surface area (Å²) in [5.41, 5.74) is 0.101. The minimum absolute atomic E-state index is 0.0322. The molecule has 0 radical (unpaired) electrons. The third kappa shape index (κ3) is 3.12. The van der Waals surface area contributed by atoms with Crippen molar-refractivity contribution in [3.05, 3.63) is 23.8 Å². The monoisotopic (exact) mass is 320 g/mol. The molecule has 1 aliphatic carbocycles. The average Bonchev–Trinajstić information content (AvgIpc) is 2.95. The highest BCUT2D eigenvalue weighted by Gasteiger charge is 2.54. The fourth-order valence-electron chi connectivity index (χ4n) is 3.61. The summed E-state index contributed by atoms with van der Waals surface area (Å²) in [6.07, 6.45) is 5.75. The van der Waals surface area contributed by atoms with Crippen LogP contribution in [-0.2, 0) is 19.1 Å². The maximum atomic E-state index is 12.4. The summed E-state index contributed by atoms with van der Waals surface area (Å²) in [7, 11) is 0. The Balaban J connectivity index is 1.72. The molecule has 3 rings (SSSR count). The van der Waals surface area contributed by atoms with E-state index in [2.05, 4.69) is 13.8 Å². The van der Waals surface area contributed by atoms with Gasteiger partial charge in [0.25, 0.3) is 0 Å². The third-order valence-electron chi connectivity index (χ3n) is 5.20. The Morgan fingerprint density at radius 2 is 2.13 bits per heavy atom. The van der Waals surface area contributed by atoms with Gasteiger partial charge in [-0.25, -0.2) is 0 Å². The fourth-order valence-corrected chi connectivity index (χ4v) is 3.61. The lowest BCUT2D eigenvalue weighted by Gasteiger charge is -2.32. The molecule has 2 fully saturated rings. The van der Waals surface area contributed by atoms with E-state index in [1.54, 1.807) is 0 Å². The Labute approximate surface area is 136 Å². The number of esters is 1. The van der Waals surface area contributed by atoms with E-state index in [0.29, 0.717) is 0 Å². The quantitative estimate of drug-likeness (QED) is 0.487. The van der Waals surface area contributed by atoms with Gasteiger partial charge in [-0.05, 0) is 52.2 Å². The minimum Gasteiger partial charge on any atom is -0.457 e. The van der Waals surface area contributed by atoms with Crippen molar-refractivity contribution < 1.29 is 24.2 Å². The van der Waals surface area contributed by atoms with Gasteiger partial charge in [0.1, 0.15) is 6.10 Å². The summed E-state index contributed by atoms with van der Waals surface area (Å²) in [4.78, 5) is 24.2. The number of carbonyl (C=O) groups excluding carboxylic acids is 2. The third-order valence-corrected chi connectivity index (χ3v) is 5.20. The van der Waals surface area contributed by atoms with Gasteiger partial charge in [-0.15, -0.1) is 0 Å². The van der Waals surface area contributed by atoms with E-state index >= 15 is 0 Å². The van der Waals surface area contributed by atoms with Crippen LogP contribution in [0, 0.1) is 5.41 Å². The van der Waals surface area contributed by atoms with Crippen molar-refractivity contribution in [3.63, 3.8) is 0 Å². The SMILES string of the molecule is C/C(=C\[C@H]1OC(=O)CC12C[C@H](O)C=CC2=O)CCC1OC1(C)C. The molecule has 0 saturated carbocycles. The maximum absolute atomic E-state index is 12.4. The summed E-state index contributed by atoms with van der Waals surface area (Å²) in [6, 6.07) is 0. The molecule has 3 aliphatic rings. The summed E-state index contributed by atoms with van der Waals surface area (Å²) < 4.78 is 11.0. The molecule has 0 amide bonds. The van der Waals surface area contributed by atoms with Crippen molar-refractivity contribution in [1.82, 2.24) is 0 Å². The predicted molar refractivity (Wildman–Crippen MR) is 83.6 cm³/mol. The Hall–Kier alpha value is -1.46. The molecule has 1 N–H and O–H groups in total. The number of rotatable bonds is 4. The second-order valence-electron chi connectivity index (χ2n) is 7.50. The van der Waals surface area contributed by atoms with Gasteiger partial charge < -0.3 is 14.6 Å². The second-order valence-corrected chi connectivity index (χ2v) is 7.50. The molecule has 2 aliphatic heterocycles. The molecular formula is C18H24O5. The Morgan fingerprint density at radius 1 is 1.43 bits per heavy atom. The van der Waals surface area contributed by atoms with Gasteiger partial charge in [0.05, 0.1) is 29.6 Å². The van der Waals surface area contributed by atoms with Crippen molar-refractivity contribution in [3.8, 4) is 0 Å². The van der Waals surface area contributed by atoms with Gasteiger partial charge in [-0.1, -0.05) is 11.6 Å². The van der Waals surface area contributed by atoms with Crippen LogP contribution in [0.25, 0.3) is 0 Å². The first kappa shape index (κ1) is 16.4. The molecule has 1 spiro atoms. The summed E-state index contributed by atoms with van der Waals surface area (Å²) in [5, 5.41) is 9.89. The largest absolute Gasteiger partial charge is 0.457 e. The minimum atomic E-state index is -0.943. The van der Waals surface area contributed by atoms with Crippen LogP contribution in [0.2, 0.25) is 0 Å². The average molecular weight is 320 g/mol. The first-order valence-corrected chi connectivity index (χ1v) is 8.18. The van der Waals surface area contributed by atoms with E-state index in [0.717, 1.165) is 18.4 Å². The van der Waals surface area contributed by atoms with Crippen LogP contribution in [0.3, 0.4) is 0 Å². The normalized spacial score (nSPS) is 39.0. The summed E-state index contributed by atoms with van der Waals surface area (Å²) in [6.45, 7) is 6.12. The number of aliphatic hydroxyl groups is 1. The van der Waals surface area contributed by atoms with Gasteiger partial charge >= 0.3 is 5.97 Å². The van der Waals surface area contributed by atoms with Crippen LogP contribution in [0.15, 0.2) is 23.8 Å². The molecule has 23 heavy (non-hydrogen) atoms. The van der Waals surface area contributed by atoms with Gasteiger partial charge in [0, 0.05) is 0 Å². The molecular weight excluding hydrogens is 296 g/mol. The standard InChI is InChI=1S/C18H24O5/c1-11(4-7-14-17(2,3)23-14)8-15-18(10-16(21)22-15)9-12(19)5-6-13(18)20/h5-6,8,12,14-15,19H,4,7,9-10H2,1-3H3/b11-8+/t12-,14?,15-,18?/m1/s1. The zero-order valence-electron chi connectivity index (χ0n) is 13.9. The van der Waals surface area contributed by atoms with Crippen molar-refractivity contribution in [2.24, 2.45) is 5.41 Å². The van der Waals surface area contributed by atoms with Crippen LogP contribution in [0.4, 0.5) is 0 Å². The molecule has 0 bridgehead atoms. The van der Waals surface area contributed by atoms with Crippen LogP contribution in [0.1, 0.15) is 46.5 Å².